The number of ether oxygens (including phenoxy) is 1. The number of likely N-dealkylation sites (tertiary alicyclic amines) is 1. The molecule has 4 nitrogen and oxygen atoms in total. The standard InChI is InChI=1S/C17H25ClN2O2/c1-17(2,3)22-16(21)20-11-9-15(12-20)19-10-8-13-4-6-14(18)7-5-13/h4-7,15,19H,8-12H2,1-3H3/t15-/m1/s1. The summed E-state index contributed by atoms with van der Waals surface area (Å²) in [4.78, 5) is 13.8. The van der Waals surface area contributed by atoms with Crippen LogP contribution >= 0.6 is 11.6 Å². The maximum atomic E-state index is 12.0. The third-order valence-corrected chi connectivity index (χ3v) is 3.85. The van der Waals surface area contributed by atoms with Gasteiger partial charge in [-0.3, -0.25) is 0 Å². The number of amides is 1. The molecule has 0 aromatic heterocycles. The lowest BCUT2D eigenvalue weighted by atomic mass is 10.1. The van der Waals surface area contributed by atoms with Crippen molar-refractivity contribution >= 4 is 17.7 Å². The smallest absolute Gasteiger partial charge is 0.410 e. The van der Waals surface area contributed by atoms with E-state index < -0.39 is 5.60 Å². The Morgan fingerprint density at radius 1 is 1.36 bits per heavy atom. The molecular formula is C17H25ClN2O2. The highest BCUT2D eigenvalue weighted by Gasteiger charge is 2.29. The third kappa shape index (κ3) is 5.50. The Labute approximate surface area is 137 Å². The van der Waals surface area contributed by atoms with Crippen LogP contribution in [0.2, 0.25) is 5.02 Å². The van der Waals surface area contributed by atoms with E-state index in [1.165, 1.54) is 5.56 Å². The zero-order valence-electron chi connectivity index (χ0n) is 13.6. The van der Waals surface area contributed by atoms with Crippen molar-refractivity contribution in [1.29, 1.82) is 0 Å². The van der Waals surface area contributed by atoms with Gasteiger partial charge in [-0.2, -0.15) is 0 Å². The van der Waals surface area contributed by atoms with Gasteiger partial charge in [0.15, 0.2) is 0 Å². The van der Waals surface area contributed by atoms with Gasteiger partial charge < -0.3 is 15.0 Å². The zero-order chi connectivity index (χ0) is 16.2. The number of rotatable bonds is 4. The maximum Gasteiger partial charge on any atom is 0.410 e. The van der Waals surface area contributed by atoms with E-state index in [-0.39, 0.29) is 6.09 Å². The number of nitrogens with one attached hydrogen (secondary N) is 1. The molecule has 0 radical (unpaired) electrons. The van der Waals surface area contributed by atoms with Crippen molar-refractivity contribution in [3.8, 4) is 0 Å². The van der Waals surface area contributed by atoms with Gasteiger partial charge in [-0.25, -0.2) is 4.79 Å². The molecule has 0 spiro atoms. The molecule has 1 saturated heterocycles. The molecular weight excluding hydrogens is 300 g/mol. The molecule has 1 amide bonds. The summed E-state index contributed by atoms with van der Waals surface area (Å²) in [5, 5.41) is 4.27. The Hall–Kier alpha value is -1.26. The molecule has 1 heterocycles. The number of benzene rings is 1. The van der Waals surface area contributed by atoms with Crippen molar-refractivity contribution in [2.24, 2.45) is 0 Å². The molecule has 122 valence electrons. The van der Waals surface area contributed by atoms with E-state index in [0.29, 0.717) is 6.04 Å². The zero-order valence-corrected chi connectivity index (χ0v) is 14.3. The summed E-state index contributed by atoms with van der Waals surface area (Å²) in [5.74, 6) is 0. The van der Waals surface area contributed by atoms with Crippen LogP contribution in [0.1, 0.15) is 32.8 Å². The number of carbonyl (C=O) groups excluding carboxylic acids is 1. The summed E-state index contributed by atoms with van der Waals surface area (Å²) in [6.45, 7) is 8.05. The molecule has 0 unspecified atom stereocenters. The summed E-state index contributed by atoms with van der Waals surface area (Å²) in [5.41, 5.74) is 0.830. The van der Waals surface area contributed by atoms with Crippen molar-refractivity contribution in [3.63, 3.8) is 0 Å². The SMILES string of the molecule is CC(C)(C)OC(=O)N1CC[C@@H](NCCc2ccc(Cl)cc2)C1. The summed E-state index contributed by atoms with van der Waals surface area (Å²) in [6.07, 6.45) is 1.72. The number of hydrogen-bond acceptors (Lipinski definition) is 3. The van der Waals surface area contributed by atoms with Crippen LogP contribution in [0.15, 0.2) is 24.3 Å². The van der Waals surface area contributed by atoms with E-state index in [1.807, 2.05) is 45.0 Å². The highest BCUT2D eigenvalue weighted by atomic mass is 35.5. The summed E-state index contributed by atoms with van der Waals surface area (Å²) >= 11 is 5.88. The van der Waals surface area contributed by atoms with E-state index in [2.05, 4.69) is 5.32 Å². The number of halogens is 1. The van der Waals surface area contributed by atoms with Crippen molar-refractivity contribution in [3.05, 3.63) is 34.9 Å². The monoisotopic (exact) mass is 324 g/mol. The van der Waals surface area contributed by atoms with Crippen molar-refractivity contribution in [2.45, 2.75) is 45.3 Å². The van der Waals surface area contributed by atoms with E-state index in [0.717, 1.165) is 37.5 Å². The Kier molecular flexibility index (Phi) is 5.70. The lowest BCUT2D eigenvalue weighted by Gasteiger charge is -2.24. The average molecular weight is 325 g/mol. The molecule has 5 heteroatoms. The summed E-state index contributed by atoms with van der Waals surface area (Å²) < 4.78 is 5.40. The predicted molar refractivity (Wildman–Crippen MR) is 89.4 cm³/mol. The van der Waals surface area contributed by atoms with Gasteiger partial charge >= 0.3 is 6.09 Å². The van der Waals surface area contributed by atoms with Gasteiger partial charge in [0.2, 0.25) is 0 Å². The van der Waals surface area contributed by atoms with Crippen LogP contribution in [0.5, 0.6) is 0 Å². The normalized spacial score (nSPS) is 18.5. The Balaban J connectivity index is 1.70. The largest absolute Gasteiger partial charge is 0.444 e. The van der Waals surface area contributed by atoms with E-state index in [4.69, 9.17) is 16.3 Å². The van der Waals surface area contributed by atoms with Crippen LogP contribution in [-0.2, 0) is 11.2 Å². The minimum absolute atomic E-state index is 0.213. The van der Waals surface area contributed by atoms with Gasteiger partial charge in [0, 0.05) is 24.2 Å². The second kappa shape index (κ2) is 7.34. The number of hydrogen-bond donors (Lipinski definition) is 1. The molecule has 1 fully saturated rings. The van der Waals surface area contributed by atoms with Gasteiger partial charge in [-0.05, 0) is 57.9 Å². The fourth-order valence-corrected chi connectivity index (χ4v) is 2.62. The maximum absolute atomic E-state index is 12.0. The van der Waals surface area contributed by atoms with Gasteiger partial charge in [0.25, 0.3) is 0 Å². The first-order valence-electron chi connectivity index (χ1n) is 7.79. The van der Waals surface area contributed by atoms with Crippen LogP contribution in [0, 0.1) is 0 Å². The fraction of sp³-hybridized carbons (Fsp3) is 0.588. The van der Waals surface area contributed by atoms with Crippen LogP contribution in [0.4, 0.5) is 4.79 Å². The van der Waals surface area contributed by atoms with E-state index >= 15 is 0 Å². The molecule has 0 bridgehead atoms. The van der Waals surface area contributed by atoms with E-state index in [1.54, 1.807) is 4.90 Å². The highest BCUT2D eigenvalue weighted by molar-refractivity contribution is 6.30. The van der Waals surface area contributed by atoms with E-state index in [9.17, 15) is 4.79 Å². The summed E-state index contributed by atoms with van der Waals surface area (Å²) in [7, 11) is 0. The molecule has 0 aliphatic carbocycles. The topological polar surface area (TPSA) is 41.6 Å². The second-order valence-electron chi connectivity index (χ2n) is 6.74. The molecule has 1 aromatic rings. The Bertz CT molecular complexity index is 496. The fourth-order valence-electron chi connectivity index (χ4n) is 2.49. The molecule has 22 heavy (non-hydrogen) atoms. The summed E-state index contributed by atoms with van der Waals surface area (Å²) in [6, 6.07) is 8.27. The van der Waals surface area contributed by atoms with Crippen LogP contribution in [0.25, 0.3) is 0 Å². The van der Waals surface area contributed by atoms with Crippen LogP contribution in [-0.4, -0.2) is 42.3 Å². The van der Waals surface area contributed by atoms with Crippen molar-refractivity contribution < 1.29 is 9.53 Å². The molecule has 0 saturated carbocycles. The molecule has 1 aliphatic rings. The van der Waals surface area contributed by atoms with Gasteiger partial charge in [0.1, 0.15) is 5.60 Å². The average Bonchev–Trinajstić information content (AvgIpc) is 2.88. The number of carbonyl (C=O) groups is 1. The predicted octanol–water partition coefficient (Wildman–Crippen LogP) is 3.48. The number of nitrogens with zero attached hydrogens (tertiary/aromatic N) is 1. The second-order valence-corrected chi connectivity index (χ2v) is 7.18. The minimum Gasteiger partial charge on any atom is -0.444 e. The molecule has 1 aromatic carbocycles. The molecule has 1 N–H and O–H groups in total. The van der Waals surface area contributed by atoms with Crippen molar-refractivity contribution in [2.75, 3.05) is 19.6 Å². The highest BCUT2D eigenvalue weighted by Crippen LogP contribution is 2.15. The molecule has 1 aliphatic heterocycles. The van der Waals surface area contributed by atoms with Gasteiger partial charge in [-0.15, -0.1) is 0 Å². The van der Waals surface area contributed by atoms with Gasteiger partial charge in [0.05, 0.1) is 0 Å². The van der Waals surface area contributed by atoms with Crippen molar-refractivity contribution in [1.82, 2.24) is 10.2 Å². The first-order valence-corrected chi connectivity index (χ1v) is 8.17. The quantitative estimate of drug-likeness (QED) is 0.922. The first-order chi connectivity index (χ1) is 10.3. The lowest BCUT2D eigenvalue weighted by molar-refractivity contribution is 0.0291. The first kappa shape index (κ1) is 17.1. The molecule has 1 atom stereocenters. The van der Waals surface area contributed by atoms with Crippen LogP contribution in [0.3, 0.4) is 0 Å². The van der Waals surface area contributed by atoms with Crippen LogP contribution < -0.4 is 5.32 Å². The van der Waals surface area contributed by atoms with Gasteiger partial charge in [-0.1, -0.05) is 23.7 Å². The molecule has 2 rings (SSSR count). The Morgan fingerprint density at radius 3 is 2.68 bits per heavy atom. The Morgan fingerprint density at radius 2 is 2.05 bits per heavy atom. The lowest BCUT2D eigenvalue weighted by Crippen LogP contribution is -2.38. The third-order valence-electron chi connectivity index (χ3n) is 3.60. The minimum atomic E-state index is -0.433.